The molecule has 0 spiro atoms. The van der Waals surface area contributed by atoms with Crippen molar-refractivity contribution >= 4 is 12.4 Å². The molecule has 1 rings (SSSR count). The van der Waals surface area contributed by atoms with E-state index in [-0.39, 0.29) is 24.2 Å². The largest absolute Gasteiger partial charge is 0.507 e. The molecule has 0 aliphatic rings. The molecule has 4 heteroatoms. The predicted molar refractivity (Wildman–Crippen MR) is 63.6 cm³/mol. The lowest BCUT2D eigenvalue weighted by atomic mass is 10.0. The summed E-state index contributed by atoms with van der Waals surface area (Å²) in [6.07, 6.45) is 2.32. The summed E-state index contributed by atoms with van der Waals surface area (Å²) < 4.78 is 5.12. The van der Waals surface area contributed by atoms with Crippen LogP contribution in [0.4, 0.5) is 0 Å². The van der Waals surface area contributed by atoms with E-state index >= 15 is 0 Å². The summed E-state index contributed by atoms with van der Waals surface area (Å²) in [4.78, 5) is 0. The minimum Gasteiger partial charge on any atom is -0.507 e. The van der Waals surface area contributed by atoms with Crippen LogP contribution in [0.2, 0.25) is 0 Å². The van der Waals surface area contributed by atoms with Crippen molar-refractivity contribution in [2.75, 3.05) is 7.11 Å². The van der Waals surface area contributed by atoms with Crippen molar-refractivity contribution in [3.05, 3.63) is 36.4 Å². The number of ether oxygens (including phenoxy) is 1. The van der Waals surface area contributed by atoms with Gasteiger partial charge in [0.2, 0.25) is 0 Å². The van der Waals surface area contributed by atoms with E-state index in [9.17, 15) is 5.11 Å². The molecule has 3 nitrogen and oxygen atoms in total. The maximum atomic E-state index is 9.63. The van der Waals surface area contributed by atoms with E-state index in [0.717, 1.165) is 0 Å². The molecule has 0 bridgehead atoms. The highest BCUT2D eigenvalue weighted by atomic mass is 35.5. The first-order chi connectivity index (χ1) is 6.70. The van der Waals surface area contributed by atoms with Crippen LogP contribution in [0.15, 0.2) is 30.9 Å². The van der Waals surface area contributed by atoms with Gasteiger partial charge >= 0.3 is 0 Å². The van der Waals surface area contributed by atoms with Gasteiger partial charge < -0.3 is 15.6 Å². The van der Waals surface area contributed by atoms with Crippen LogP contribution < -0.4 is 10.5 Å². The minimum absolute atomic E-state index is 0. The molecule has 0 saturated heterocycles. The summed E-state index contributed by atoms with van der Waals surface area (Å²) in [5.74, 6) is 0.776. The Hall–Kier alpha value is -1.19. The monoisotopic (exact) mass is 229 g/mol. The average molecular weight is 230 g/mol. The molecule has 0 aliphatic carbocycles. The Bertz CT molecular complexity index is 328. The zero-order valence-electron chi connectivity index (χ0n) is 8.64. The first-order valence-electron chi connectivity index (χ1n) is 4.43. The van der Waals surface area contributed by atoms with Crippen molar-refractivity contribution in [2.24, 2.45) is 5.73 Å². The molecule has 1 aromatic carbocycles. The second-order valence-electron chi connectivity index (χ2n) is 3.02. The number of halogens is 1. The number of hydrogen-bond donors (Lipinski definition) is 2. The van der Waals surface area contributed by atoms with Gasteiger partial charge in [0.25, 0.3) is 0 Å². The first-order valence-corrected chi connectivity index (χ1v) is 4.43. The second-order valence-corrected chi connectivity index (χ2v) is 3.02. The van der Waals surface area contributed by atoms with Crippen LogP contribution in [0.1, 0.15) is 18.0 Å². The van der Waals surface area contributed by atoms with Crippen LogP contribution in [-0.4, -0.2) is 12.2 Å². The third-order valence-corrected chi connectivity index (χ3v) is 2.05. The fraction of sp³-hybridized carbons (Fsp3) is 0.273. The number of benzene rings is 1. The fourth-order valence-electron chi connectivity index (χ4n) is 1.38. The van der Waals surface area contributed by atoms with Crippen LogP contribution in [0, 0.1) is 0 Å². The highest BCUT2D eigenvalue weighted by Crippen LogP contribution is 2.33. The van der Waals surface area contributed by atoms with E-state index in [0.29, 0.717) is 17.7 Å². The lowest BCUT2D eigenvalue weighted by Crippen LogP contribution is -2.10. The molecule has 84 valence electrons. The molecule has 3 N–H and O–H groups in total. The Kier molecular flexibility index (Phi) is 5.82. The van der Waals surface area contributed by atoms with Gasteiger partial charge in [0.05, 0.1) is 12.7 Å². The van der Waals surface area contributed by atoms with E-state index in [4.69, 9.17) is 10.5 Å². The molecule has 0 unspecified atom stereocenters. The maximum absolute atomic E-state index is 9.63. The van der Waals surface area contributed by atoms with Gasteiger partial charge in [-0.05, 0) is 18.6 Å². The van der Waals surface area contributed by atoms with E-state index in [1.165, 1.54) is 0 Å². The summed E-state index contributed by atoms with van der Waals surface area (Å²) in [7, 11) is 1.55. The summed E-state index contributed by atoms with van der Waals surface area (Å²) in [6.45, 7) is 3.61. The van der Waals surface area contributed by atoms with Crippen molar-refractivity contribution < 1.29 is 9.84 Å². The third kappa shape index (κ3) is 3.15. The maximum Gasteiger partial charge on any atom is 0.127 e. The molecule has 1 aromatic rings. The highest BCUT2D eigenvalue weighted by Gasteiger charge is 2.14. The molecule has 0 saturated carbocycles. The number of nitrogens with two attached hydrogens (primary N) is 1. The molecule has 0 aliphatic heterocycles. The van der Waals surface area contributed by atoms with Gasteiger partial charge in [-0.1, -0.05) is 12.1 Å². The number of phenolic OH excluding ortho intramolecular Hbond substituents is 1. The van der Waals surface area contributed by atoms with Crippen LogP contribution in [0.3, 0.4) is 0 Å². The second kappa shape index (κ2) is 6.32. The molecule has 0 fully saturated rings. The van der Waals surface area contributed by atoms with Gasteiger partial charge in [-0.2, -0.15) is 0 Å². The molecule has 15 heavy (non-hydrogen) atoms. The number of rotatable bonds is 4. The molecule has 0 aromatic heterocycles. The Labute approximate surface area is 96.0 Å². The molecule has 0 radical (unpaired) electrons. The standard InChI is InChI=1S/C11H15NO2.ClH/c1-3-5-8(12)11-9(13)6-4-7-10(11)14-2;/h3-4,6-8,13H,1,5,12H2,2H3;1H/t8-;/m1./s1. The first kappa shape index (κ1) is 13.8. The number of phenols is 1. The Morgan fingerprint density at radius 1 is 1.60 bits per heavy atom. The summed E-state index contributed by atoms with van der Waals surface area (Å²) in [5.41, 5.74) is 6.51. The molecular formula is C11H16ClNO2. The van der Waals surface area contributed by atoms with Crippen LogP contribution in [-0.2, 0) is 0 Å². The van der Waals surface area contributed by atoms with Crippen molar-refractivity contribution in [3.63, 3.8) is 0 Å². The number of methoxy groups -OCH3 is 1. The highest BCUT2D eigenvalue weighted by molar-refractivity contribution is 5.85. The van der Waals surface area contributed by atoms with Crippen LogP contribution in [0.25, 0.3) is 0 Å². The smallest absolute Gasteiger partial charge is 0.127 e. The van der Waals surface area contributed by atoms with Gasteiger partial charge in [-0.3, -0.25) is 0 Å². The zero-order valence-corrected chi connectivity index (χ0v) is 9.46. The summed E-state index contributed by atoms with van der Waals surface area (Å²) >= 11 is 0. The van der Waals surface area contributed by atoms with Gasteiger partial charge in [0.1, 0.15) is 11.5 Å². The lowest BCUT2D eigenvalue weighted by molar-refractivity contribution is 0.393. The molecule has 0 heterocycles. The quantitative estimate of drug-likeness (QED) is 0.780. The SMILES string of the molecule is C=CC[C@@H](N)c1c(O)cccc1OC.Cl. The van der Waals surface area contributed by atoms with Gasteiger partial charge in [-0.15, -0.1) is 19.0 Å². The normalized spacial score (nSPS) is 11.3. The van der Waals surface area contributed by atoms with Crippen LogP contribution in [0.5, 0.6) is 11.5 Å². The number of aromatic hydroxyl groups is 1. The minimum atomic E-state index is -0.274. The van der Waals surface area contributed by atoms with E-state index in [1.54, 1.807) is 31.4 Å². The summed E-state index contributed by atoms with van der Waals surface area (Å²) in [6, 6.07) is 4.82. The Morgan fingerprint density at radius 3 is 2.80 bits per heavy atom. The van der Waals surface area contributed by atoms with Crippen molar-refractivity contribution in [2.45, 2.75) is 12.5 Å². The van der Waals surface area contributed by atoms with Crippen molar-refractivity contribution in [3.8, 4) is 11.5 Å². The Morgan fingerprint density at radius 2 is 2.27 bits per heavy atom. The molecule has 0 amide bonds. The summed E-state index contributed by atoms with van der Waals surface area (Å²) in [5, 5.41) is 9.63. The van der Waals surface area contributed by atoms with E-state index < -0.39 is 0 Å². The fourth-order valence-corrected chi connectivity index (χ4v) is 1.38. The van der Waals surface area contributed by atoms with Gasteiger partial charge in [0, 0.05) is 6.04 Å². The Balaban J connectivity index is 0.00000196. The lowest BCUT2D eigenvalue weighted by Gasteiger charge is -2.15. The van der Waals surface area contributed by atoms with E-state index in [1.807, 2.05) is 0 Å². The topological polar surface area (TPSA) is 55.5 Å². The van der Waals surface area contributed by atoms with Crippen molar-refractivity contribution in [1.82, 2.24) is 0 Å². The van der Waals surface area contributed by atoms with Gasteiger partial charge in [0.15, 0.2) is 0 Å². The van der Waals surface area contributed by atoms with E-state index in [2.05, 4.69) is 6.58 Å². The predicted octanol–water partition coefficient (Wildman–Crippen LogP) is 2.40. The molecule has 1 atom stereocenters. The van der Waals surface area contributed by atoms with Crippen LogP contribution >= 0.6 is 12.4 Å². The zero-order chi connectivity index (χ0) is 10.6. The van der Waals surface area contributed by atoms with Crippen molar-refractivity contribution in [1.29, 1.82) is 0 Å². The number of hydrogen-bond acceptors (Lipinski definition) is 3. The third-order valence-electron chi connectivity index (χ3n) is 2.05. The average Bonchev–Trinajstić information content (AvgIpc) is 2.17. The van der Waals surface area contributed by atoms with Gasteiger partial charge in [-0.25, -0.2) is 0 Å². The molecular weight excluding hydrogens is 214 g/mol.